The Morgan fingerprint density at radius 3 is 2.69 bits per heavy atom. The van der Waals surface area contributed by atoms with Crippen LogP contribution in [0.25, 0.3) is 0 Å². The van der Waals surface area contributed by atoms with Crippen LogP contribution in [0.5, 0.6) is 0 Å². The van der Waals surface area contributed by atoms with Gasteiger partial charge < -0.3 is 9.80 Å². The fraction of sp³-hybridized carbons (Fsp3) is 0.450. The lowest BCUT2D eigenvalue weighted by atomic mass is 10.0. The third-order valence-electron chi connectivity index (χ3n) is 4.87. The van der Waals surface area contributed by atoms with Crippen molar-refractivity contribution in [3.8, 4) is 0 Å². The molecule has 0 unspecified atom stereocenters. The first-order valence-electron chi connectivity index (χ1n) is 9.07. The van der Waals surface area contributed by atoms with Crippen LogP contribution in [-0.4, -0.2) is 65.9 Å². The molecule has 2 heterocycles. The van der Waals surface area contributed by atoms with Gasteiger partial charge >= 0.3 is 0 Å². The minimum absolute atomic E-state index is 0.117. The van der Waals surface area contributed by atoms with E-state index in [1.165, 1.54) is 23.1 Å². The first-order chi connectivity index (χ1) is 12.5. The molecule has 0 radical (unpaired) electrons. The van der Waals surface area contributed by atoms with E-state index in [2.05, 4.69) is 51.1 Å². The minimum Gasteiger partial charge on any atom is -0.354 e. The number of rotatable bonds is 5. The van der Waals surface area contributed by atoms with Gasteiger partial charge in [-0.15, -0.1) is 0 Å². The highest BCUT2D eigenvalue weighted by Crippen LogP contribution is 2.21. The van der Waals surface area contributed by atoms with Crippen molar-refractivity contribution >= 4 is 11.7 Å². The summed E-state index contributed by atoms with van der Waals surface area (Å²) in [6.07, 6.45) is 5.57. The second-order valence-electron chi connectivity index (χ2n) is 7.10. The fourth-order valence-corrected chi connectivity index (χ4v) is 3.36. The van der Waals surface area contributed by atoms with Crippen LogP contribution in [0.15, 0.2) is 42.7 Å². The highest BCUT2D eigenvalue weighted by molar-refractivity contribution is 5.91. The molecular weight excluding hydrogens is 326 g/mol. The number of aromatic nitrogens is 2. The first-order valence-corrected chi connectivity index (χ1v) is 9.07. The lowest BCUT2D eigenvalue weighted by Gasteiger charge is -2.38. The molecule has 3 rings (SSSR count). The molecule has 6 heteroatoms. The average Bonchev–Trinajstić information content (AvgIpc) is 2.68. The monoisotopic (exact) mass is 353 g/mol. The van der Waals surface area contributed by atoms with Gasteiger partial charge in [-0.3, -0.25) is 14.7 Å². The molecule has 1 amide bonds. The number of nitrogens with zero attached hydrogens (tertiary/aromatic N) is 5. The summed E-state index contributed by atoms with van der Waals surface area (Å²) in [5.41, 5.74) is 1.72. The lowest BCUT2D eigenvalue weighted by Crippen LogP contribution is -2.46. The van der Waals surface area contributed by atoms with E-state index in [0.717, 1.165) is 31.9 Å². The highest BCUT2D eigenvalue weighted by atomic mass is 16.2. The second kappa shape index (κ2) is 8.27. The Morgan fingerprint density at radius 2 is 1.96 bits per heavy atom. The number of likely N-dealkylation sites (N-methyl/N-ethyl adjacent to an activating group) is 1. The first kappa shape index (κ1) is 18.3. The summed E-state index contributed by atoms with van der Waals surface area (Å²) < 4.78 is 0. The number of piperidine rings is 1. The zero-order chi connectivity index (χ0) is 18.5. The van der Waals surface area contributed by atoms with Crippen LogP contribution in [0.3, 0.4) is 0 Å². The number of carbonyl (C=O) groups is 1. The smallest absolute Gasteiger partial charge is 0.273 e. The summed E-state index contributed by atoms with van der Waals surface area (Å²) in [5.74, 6) is 0.671. The Morgan fingerprint density at radius 1 is 1.19 bits per heavy atom. The van der Waals surface area contributed by atoms with E-state index in [1.54, 1.807) is 20.3 Å². The predicted octanol–water partition coefficient (Wildman–Crippen LogP) is 2.28. The summed E-state index contributed by atoms with van der Waals surface area (Å²) >= 11 is 0. The number of anilines is 1. The minimum atomic E-state index is -0.117. The quantitative estimate of drug-likeness (QED) is 0.825. The standard InChI is InChI=1S/C20H27N5O/c1-23(2)20(26)18-12-21-13-19(22-18)25-11-7-10-17(15-25)24(3)14-16-8-5-4-6-9-16/h4-6,8-9,12-13,17H,7,10-11,14-15H2,1-3H3/t17-/m0/s1. The summed E-state index contributed by atoms with van der Waals surface area (Å²) in [7, 11) is 5.64. The van der Waals surface area contributed by atoms with Crippen LogP contribution in [0, 0.1) is 0 Å². The zero-order valence-corrected chi connectivity index (χ0v) is 15.8. The highest BCUT2D eigenvalue weighted by Gasteiger charge is 2.25. The van der Waals surface area contributed by atoms with E-state index in [0.29, 0.717) is 11.7 Å². The molecule has 0 bridgehead atoms. The molecule has 0 N–H and O–H groups in total. The van der Waals surface area contributed by atoms with Gasteiger partial charge in [0.25, 0.3) is 5.91 Å². The summed E-state index contributed by atoms with van der Waals surface area (Å²) in [6, 6.07) is 11.0. The Bertz CT molecular complexity index is 734. The molecule has 1 atom stereocenters. The molecule has 26 heavy (non-hydrogen) atoms. The van der Waals surface area contributed by atoms with E-state index in [-0.39, 0.29) is 5.91 Å². The average molecular weight is 353 g/mol. The number of hydrogen-bond donors (Lipinski definition) is 0. The van der Waals surface area contributed by atoms with Crippen molar-refractivity contribution in [2.45, 2.75) is 25.4 Å². The summed E-state index contributed by atoms with van der Waals surface area (Å²) in [4.78, 5) is 27.1. The molecule has 138 valence electrons. The van der Waals surface area contributed by atoms with Gasteiger partial charge in [0.05, 0.1) is 12.4 Å². The van der Waals surface area contributed by atoms with Gasteiger partial charge in [0, 0.05) is 39.8 Å². The van der Waals surface area contributed by atoms with Crippen molar-refractivity contribution in [2.75, 3.05) is 39.1 Å². The number of carbonyl (C=O) groups excluding carboxylic acids is 1. The van der Waals surface area contributed by atoms with Crippen LogP contribution in [0.2, 0.25) is 0 Å². The van der Waals surface area contributed by atoms with E-state index < -0.39 is 0 Å². The maximum absolute atomic E-state index is 12.2. The van der Waals surface area contributed by atoms with Gasteiger partial charge in [-0.1, -0.05) is 30.3 Å². The molecule has 0 aliphatic carbocycles. The Kier molecular flexibility index (Phi) is 5.83. The molecule has 1 aromatic carbocycles. The van der Waals surface area contributed by atoms with Gasteiger partial charge in [-0.25, -0.2) is 4.98 Å². The third-order valence-corrected chi connectivity index (χ3v) is 4.87. The van der Waals surface area contributed by atoms with Crippen LogP contribution in [0.4, 0.5) is 5.82 Å². The van der Waals surface area contributed by atoms with E-state index in [1.807, 2.05) is 6.07 Å². The molecule has 1 saturated heterocycles. The van der Waals surface area contributed by atoms with Crippen LogP contribution in [0.1, 0.15) is 28.9 Å². The Balaban J connectivity index is 1.68. The Hall–Kier alpha value is -2.47. The van der Waals surface area contributed by atoms with Gasteiger partial charge in [0.15, 0.2) is 0 Å². The molecule has 1 aliphatic heterocycles. The molecular formula is C20H27N5O. The van der Waals surface area contributed by atoms with Gasteiger partial charge in [0.2, 0.25) is 0 Å². The van der Waals surface area contributed by atoms with Crippen LogP contribution >= 0.6 is 0 Å². The van der Waals surface area contributed by atoms with Crippen molar-refractivity contribution in [1.29, 1.82) is 0 Å². The maximum Gasteiger partial charge on any atom is 0.273 e. The number of amides is 1. The van der Waals surface area contributed by atoms with Crippen molar-refractivity contribution in [3.05, 3.63) is 54.0 Å². The van der Waals surface area contributed by atoms with Crippen LogP contribution in [-0.2, 0) is 6.54 Å². The van der Waals surface area contributed by atoms with Crippen LogP contribution < -0.4 is 4.90 Å². The zero-order valence-electron chi connectivity index (χ0n) is 15.8. The molecule has 1 fully saturated rings. The third kappa shape index (κ3) is 4.38. The molecule has 0 spiro atoms. The van der Waals surface area contributed by atoms with Crippen molar-refractivity contribution in [1.82, 2.24) is 19.8 Å². The summed E-state index contributed by atoms with van der Waals surface area (Å²) in [5, 5.41) is 0. The van der Waals surface area contributed by atoms with Gasteiger partial charge in [-0.05, 0) is 25.5 Å². The maximum atomic E-state index is 12.2. The van der Waals surface area contributed by atoms with Gasteiger partial charge in [-0.2, -0.15) is 0 Å². The van der Waals surface area contributed by atoms with E-state index in [4.69, 9.17) is 0 Å². The van der Waals surface area contributed by atoms with Gasteiger partial charge in [0.1, 0.15) is 11.5 Å². The largest absolute Gasteiger partial charge is 0.354 e. The molecule has 1 aliphatic rings. The molecule has 0 saturated carbocycles. The van der Waals surface area contributed by atoms with Crippen molar-refractivity contribution < 1.29 is 4.79 Å². The van der Waals surface area contributed by atoms with Crippen molar-refractivity contribution in [2.24, 2.45) is 0 Å². The second-order valence-corrected chi connectivity index (χ2v) is 7.10. The Labute approximate surface area is 155 Å². The summed E-state index contributed by atoms with van der Waals surface area (Å²) in [6.45, 7) is 2.78. The number of benzene rings is 1. The van der Waals surface area contributed by atoms with E-state index >= 15 is 0 Å². The molecule has 6 nitrogen and oxygen atoms in total. The van der Waals surface area contributed by atoms with E-state index in [9.17, 15) is 4.79 Å². The number of hydrogen-bond acceptors (Lipinski definition) is 5. The lowest BCUT2D eigenvalue weighted by molar-refractivity contribution is 0.0821. The molecule has 2 aromatic rings. The fourth-order valence-electron chi connectivity index (χ4n) is 3.36. The molecule has 1 aromatic heterocycles. The normalized spacial score (nSPS) is 17.4. The van der Waals surface area contributed by atoms with Crippen molar-refractivity contribution in [3.63, 3.8) is 0 Å². The topological polar surface area (TPSA) is 52.6 Å². The SMILES string of the molecule is CN(C)C(=O)c1cncc(N2CCC[C@H](N(C)Cc3ccccc3)C2)n1. The predicted molar refractivity (Wildman–Crippen MR) is 103 cm³/mol.